The lowest BCUT2D eigenvalue weighted by Gasteiger charge is -2.34. The van der Waals surface area contributed by atoms with Crippen LogP contribution in [0.2, 0.25) is 0 Å². The molecule has 19 heavy (non-hydrogen) atoms. The molecule has 7 nitrogen and oxygen atoms in total. The molecule has 1 atom stereocenters. The summed E-state index contributed by atoms with van der Waals surface area (Å²) in [6, 6.07) is 4.17. The van der Waals surface area contributed by atoms with Gasteiger partial charge in [-0.25, -0.2) is 0 Å². The largest absolute Gasteiger partial charge is 0.482 e. The second-order valence-corrected chi connectivity index (χ2v) is 4.06. The van der Waals surface area contributed by atoms with Gasteiger partial charge in [0.1, 0.15) is 12.0 Å². The van der Waals surface area contributed by atoms with Crippen LogP contribution in [-0.2, 0) is 9.53 Å². The highest BCUT2D eigenvalue weighted by Crippen LogP contribution is 2.36. The van der Waals surface area contributed by atoms with Gasteiger partial charge in [0.2, 0.25) is 0 Å². The number of fused-ring (bicyclic) bond motifs is 1. The van der Waals surface area contributed by atoms with Crippen LogP contribution in [0, 0.1) is 10.1 Å². The molecule has 0 bridgehead atoms. The molecule has 1 aliphatic heterocycles. The Morgan fingerprint density at radius 2 is 2.32 bits per heavy atom. The molecule has 0 saturated heterocycles. The van der Waals surface area contributed by atoms with E-state index in [4.69, 9.17) is 9.47 Å². The van der Waals surface area contributed by atoms with Crippen LogP contribution in [-0.4, -0.2) is 30.8 Å². The van der Waals surface area contributed by atoms with Gasteiger partial charge in [-0.15, -0.1) is 0 Å². The maximum Gasteiger partial charge on any atom is 0.271 e. The van der Waals surface area contributed by atoms with Crippen molar-refractivity contribution in [3.05, 3.63) is 28.3 Å². The minimum absolute atomic E-state index is 0.0898. The van der Waals surface area contributed by atoms with Gasteiger partial charge >= 0.3 is 0 Å². The van der Waals surface area contributed by atoms with Crippen molar-refractivity contribution in [1.29, 1.82) is 0 Å². The molecule has 0 spiro atoms. The molecule has 1 amide bonds. The Hall–Kier alpha value is -2.15. The molecule has 0 radical (unpaired) electrons. The van der Waals surface area contributed by atoms with Crippen LogP contribution < -0.4 is 9.64 Å². The molecule has 2 rings (SSSR count). The normalized spacial score (nSPS) is 15.7. The number of hydrogen-bond donors (Lipinski definition) is 0. The Labute approximate surface area is 109 Å². The van der Waals surface area contributed by atoms with Crippen LogP contribution in [0.1, 0.15) is 13.3 Å². The Balaban J connectivity index is 2.49. The summed E-state index contributed by atoms with van der Waals surface area (Å²) in [6.07, 6.45) is 0.113. The van der Waals surface area contributed by atoms with Gasteiger partial charge in [0, 0.05) is 19.2 Å². The van der Waals surface area contributed by atoms with Crippen LogP contribution in [0.3, 0.4) is 0 Å². The predicted octanol–water partition coefficient (Wildman–Crippen LogP) is 1.70. The second kappa shape index (κ2) is 5.23. The second-order valence-electron chi connectivity index (χ2n) is 4.06. The van der Waals surface area contributed by atoms with Gasteiger partial charge in [0.15, 0.2) is 6.61 Å². The third-order valence-electron chi connectivity index (χ3n) is 2.94. The molecule has 1 aromatic rings. The monoisotopic (exact) mass is 266 g/mol. The number of benzene rings is 1. The van der Waals surface area contributed by atoms with E-state index in [9.17, 15) is 14.9 Å². The van der Waals surface area contributed by atoms with E-state index in [0.29, 0.717) is 17.9 Å². The minimum Gasteiger partial charge on any atom is -0.482 e. The smallest absolute Gasteiger partial charge is 0.271 e. The highest BCUT2D eigenvalue weighted by molar-refractivity contribution is 5.98. The zero-order valence-corrected chi connectivity index (χ0v) is 10.7. The number of ether oxygens (including phenoxy) is 2. The van der Waals surface area contributed by atoms with Crippen molar-refractivity contribution in [2.45, 2.75) is 19.6 Å². The molecule has 0 saturated carbocycles. The van der Waals surface area contributed by atoms with E-state index in [1.165, 1.54) is 30.2 Å². The number of nitrogens with zero attached hydrogens (tertiary/aromatic N) is 2. The van der Waals surface area contributed by atoms with E-state index >= 15 is 0 Å². The first-order valence-electron chi connectivity index (χ1n) is 5.84. The summed E-state index contributed by atoms with van der Waals surface area (Å²) in [6.45, 7) is 1.78. The SMILES string of the molecule is CCC(OC)N1C(=O)COc2ccc([N+](=O)[O-])cc21. The molecule has 7 heteroatoms. The van der Waals surface area contributed by atoms with E-state index < -0.39 is 11.2 Å². The molecule has 1 aromatic carbocycles. The van der Waals surface area contributed by atoms with Gasteiger partial charge in [-0.1, -0.05) is 6.92 Å². The Kier molecular flexibility index (Phi) is 3.66. The van der Waals surface area contributed by atoms with Crippen molar-refractivity contribution in [1.82, 2.24) is 0 Å². The predicted molar refractivity (Wildman–Crippen MR) is 67.2 cm³/mol. The summed E-state index contributed by atoms with van der Waals surface area (Å²) >= 11 is 0. The van der Waals surface area contributed by atoms with E-state index in [1.54, 1.807) is 0 Å². The zero-order valence-electron chi connectivity index (χ0n) is 10.7. The van der Waals surface area contributed by atoms with Crippen molar-refractivity contribution in [3.63, 3.8) is 0 Å². The van der Waals surface area contributed by atoms with E-state index in [0.717, 1.165) is 0 Å². The number of anilines is 1. The van der Waals surface area contributed by atoms with Crippen LogP contribution in [0.5, 0.6) is 5.75 Å². The number of nitro groups is 1. The number of rotatable bonds is 4. The first-order chi connectivity index (χ1) is 9.08. The zero-order chi connectivity index (χ0) is 14.0. The molecule has 1 aliphatic rings. The maximum atomic E-state index is 11.9. The minimum atomic E-state index is -0.509. The molecule has 1 unspecified atom stereocenters. The van der Waals surface area contributed by atoms with Gasteiger partial charge in [0.05, 0.1) is 10.6 Å². The summed E-state index contributed by atoms with van der Waals surface area (Å²) in [5, 5.41) is 10.8. The maximum absolute atomic E-state index is 11.9. The number of carbonyl (C=O) groups excluding carboxylic acids is 1. The number of carbonyl (C=O) groups is 1. The highest BCUT2D eigenvalue weighted by atomic mass is 16.6. The van der Waals surface area contributed by atoms with Crippen LogP contribution in [0.4, 0.5) is 11.4 Å². The van der Waals surface area contributed by atoms with Gasteiger partial charge in [-0.05, 0) is 12.5 Å². The summed E-state index contributed by atoms with van der Waals surface area (Å²) in [7, 11) is 1.49. The molecular weight excluding hydrogens is 252 g/mol. The third kappa shape index (κ3) is 2.37. The average molecular weight is 266 g/mol. The first-order valence-corrected chi connectivity index (χ1v) is 5.84. The lowest BCUT2D eigenvalue weighted by atomic mass is 10.2. The van der Waals surface area contributed by atoms with Crippen molar-refractivity contribution in [2.75, 3.05) is 18.6 Å². The molecule has 0 aliphatic carbocycles. The fourth-order valence-electron chi connectivity index (χ4n) is 2.04. The van der Waals surface area contributed by atoms with Gasteiger partial charge in [-0.2, -0.15) is 0 Å². The van der Waals surface area contributed by atoms with Gasteiger partial charge < -0.3 is 9.47 Å². The lowest BCUT2D eigenvalue weighted by molar-refractivity contribution is -0.384. The molecule has 0 aromatic heterocycles. The quantitative estimate of drug-likeness (QED) is 0.612. The van der Waals surface area contributed by atoms with Crippen molar-refractivity contribution in [3.8, 4) is 5.75 Å². The van der Waals surface area contributed by atoms with Gasteiger partial charge in [-0.3, -0.25) is 19.8 Å². The Morgan fingerprint density at radius 3 is 2.89 bits per heavy atom. The number of hydrogen-bond acceptors (Lipinski definition) is 5. The lowest BCUT2D eigenvalue weighted by Crippen LogP contribution is -2.46. The molecule has 0 N–H and O–H groups in total. The average Bonchev–Trinajstić information content (AvgIpc) is 2.41. The van der Waals surface area contributed by atoms with Crippen LogP contribution in [0.15, 0.2) is 18.2 Å². The number of amides is 1. The Bertz CT molecular complexity index is 513. The first kappa shape index (κ1) is 13.3. The summed E-state index contributed by atoms with van der Waals surface area (Å²) in [4.78, 5) is 23.7. The molecular formula is C12H14N2O5. The third-order valence-corrected chi connectivity index (χ3v) is 2.94. The fraction of sp³-hybridized carbons (Fsp3) is 0.417. The van der Waals surface area contributed by atoms with Crippen molar-refractivity contribution < 1.29 is 19.2 Å². The van der Waals surface area contributed by atoms with E-state index in [-0.39, 0.29) is 18.2 Å². The van der Waals surface area contributed by atoms with Gasteiger partial charge in [0.25, 0.3) is 11.6 Å². The summed E-state index contributed by atoms with van der Waals surface area (Å²) in [5.41, 5.74) is 0.284. The van der Waals surface area contributed by atoms with E-state index in [2.05, 4.69) is 0 Å². The standard InChI is InChI=1S/C12H14N2O5/c1-3-12(18-2)13-9-6-8(14(16)17)4-5-10(9)19-7-11(13)15/h4-6,12H,3,7H2,1-2H3. The van der Waals surface area contributed by atoms with Crippen molar-refractivity contribution in [2.24, 2.45) is 0 Å². The number of non-ortho nitro benzene ring substituents is 1. The molecule has 102 valence electrons. The number of methoxy groups -OCH3 is 1. The van der Waals surface area contributed by atoms with Crippen molar-refractivity contribution >= 4 is 17.3 Å². The summed E-state index contributed by atoms with van der Waals surface area (Å²) in [5.74, 6) is 0.169. The Morgan fingerprint density at radius 1 is 1.58 bits per heavy atom. The topological polar surface area (TPSA) is 81.9 Å². The summed E-state index contributed by atoms with van der Waals surface area (Å²) < 4.78 is 10.5. The highest BCUT2D eigenvalue weighted by Gasteiger charge is 2.32. The van der Waals surface area contributed by atoms with Crippen LogP contribution >= 0.6 is 0 Å². The van der Waals surface area contributed by atoms with E-state index in [1.807, 2.05) is 6.92 Å². The molecule has 0 fully saturated rings. The van der Waals surface area contributed by atoms with Crippen LogP contribution in [0.25, 0.3) is 0 Å². The number of nitro benzene ring substituents is 1. The molecule has 1 heterocycles. The fourth-order valence-corrected chi connectivity index (χ4v) is 2.04.